The van der Waals surface area contributed by atoms with Crippen molar-refractivity contribution in [3.05, 3.63) is 95.5 Å². The van der Waals surface area contributed by atoms with E-state index < -0.39 is 24.0 Å². The second kappa shape index (κ2) is 11.1. The summed E-state index contributed by atoms with van der Waals surface area (Å²) in [5.41, 5.74) is 2.52. The zero-order valence-electron chi connectivity index (χ0n) is 19.5. The molecule has 4 rings (SSSR count). The van der Waals surface area contributed by atoms with Gasteiger partial charge in [0.2, 0.25) is 0 Å². The Morgan fingerprint density at radius 1 is 1.08 bits per heavy atom. The van der Waals surface area contributed by atoms with E-state index in [4.69, 9.17) is 14.4 Å². The Morgan fingerprint density at radius 2 is 1.83 bits per heavy atom. The number of aliphatic carboxylic acids is 1. The fourth-order valence-electron chi connectivity index (χ4n) is 3.59. The number of hydrogen-bond donors (Lipinski definition) is 2. The van der Waals surface area contributed by atoms with Crippen LogP contribution in [0.25, 0.3) is 11.3 Å². The second-order valence-electron chi connectivity index (χ2n) is 8.00. The van der Waals surface area contributed by atoms with Gasteiger partial charge < -0.3 is 14.4 Å². The van der Waals surface area contributed by atoms with E-state index in [1.54, 1.807) is 38.1 Å². The minimum Gasteiger partial charge on any atom is -0.481 e. The van der Waals surface area contributed by atoms with Crippen LogP contribution in [0.2, 0.25) is 0 Å². The van der Waals surface area contributed by atoms with Crippen molar-refractivity contribution in [3.63, 3.8) is 0 Å². The molecule has 0 bridgehead atoms. The molecule has 2 N–H and O–H groups in total. The van der Waals surface area contributed by atoms with Crippen LogP contribution in [0.1, 0.15) is 29.9 Å². The highest BCUT2D eigenvalue weighted by atomic mass is 32.2. The van der Waals surface area contributed by atoms with Gasteiger partial charge >= 0.3 is 12.1 Å². The number of carbonyl (C=O) groups is 2. The molecule has 3 aromatic carbocycles. The normalized spacial score (nSPS) is 11.6. The summed E-state index contributed by atoms with van der Waals surface area (Å²) in [6, 6.07) is 21.0. The quantitative estimate of drug-likeness (QED) is 0.269. The number of carbonyl (C=O) groups excluding carboxylic acids is 1. The number of anilines is 1. The molecule has 0 unspecified atom stereocenters. The standard InChI is InChI=1S/C27H23FN2O5S/c1-16(22-8-3-4-9-23(22)28)34-27(33)29-25-17(2)35-30-26(25)19-10-12-20(13-11-19)36-21-7-5-6-18(14-21)15-24(31)32/h3-14,16H,15H2,1-2H3,(H,29,33)(H,31,32)/t16-/m1/s1. The molecule has 1 heterocycles. The van der Waals surface area contributed by atoms with Gasteiger partial charge in [0.1, 0.15) is 23.3 Å². The number of carboxylic acids is 1. The van der Waals surface area contributed by atoms with Gasteiger partial charge in [-0.25, -0.2) is 9.18 Å². The van der Waals surface area contributed by atoms with Crippen molar-refractivity contribution in [2.75, 3.05) is 5.32 Å². The predicted molar refractivity (Wildman–Crippen MR) is 133 cm³/mol. The molecular formula is C27H23FN2O5S. The number of ether oxygens (including phenoxy) is 1. The third-order valence-electron chi connectivity index (χ3n) is 5.33. The lowest BCUT2D eigenvalue weighted by atomic mass is 10.1. The highest BCUT2D eigenvalue weighted by molar-refractivity contribution is 7.99. The van der Waals surface area contributed by atoms with Crippen molar-refractivity contribution in [1.82, 2.24) is 5.16 Å². The van der Waals surface area contributed by atoms with E-state index in [0.29, 0.717) is 22.7 Å². The van der Waals surface area contributed by atoms with Crippen LogP contribution in [-0.2, 0) is 16.0 Å². The summed E-state index contributed by atoms with van der Waals surface area (Å²) in [5.74, 6) is -0.931. The Kier molecular flexibility index (Phi) is 7.70. The molecule has 0 spiro atoms. The molecule has 4 aromatic rings. The largest absolute Gasteiger partial charge is 0.481 e. The Morgan fingerprint density at radius 3 is 2.56 bits per heavy atom. The van der Waals surface area contributed by atoms with Crippen LogP contribution < -0.4 is 5.32 Å². The fraction of sp³-hybridized carbons (Fsp3) is 0.148. The van der Waals surface area contributed by atoms with Crippen molar-refractivity contribution < 1.29 is 28.3 Å². The topological polar surface area (TPSA) is 102 Å². The van der Waals surface area contributed by atoms with E-state index in [-0.39, 0.29) is 12.0 Å². The molecule has 0 saturated heterocycles. The maximum Gasteiger partial charge on any atom is 0.412 e. The van der Waals surface area contributed by atoms with Gasteiger partial charge in [-0.3, -0.25) is 10.1 Å². The van der Waals surface area contributed by atoms with Crippen LogP contribution >= 0.6 is 11.8 Å². The van der Waals surface area contributed by atoms with E-state index in [0.717, 1.165) is 15.4 Å². The molecule has 9 heteroatoms. The van der Waals surface area contributed by atoms with Crippen molar-refractivity contribution >= 4 is 29.5 Å². The number of hydrogen-bond acceptors (Lipinski definition) is 6. The number of aryl methyl sites for hydroxylation is 1. The van der Waals surface area contributed by atoms with E-state index in [1.807, 2.05) is 42.5 Å². The zero-order valence-corrected chi connectivity index (χ0v) is 20.3. The maximum absolute atomic E-state index is 14.0. The maximum atomic E-state index is 14.0. The summed E-state index contributed by atoms with van der Waals surface area (Å²) in [4.78, 5) is 25.4. The smallest absolute Gasteiger partial charge is 0.412 e. The Hall–Kier alpha value is -4.11. The number of rotatable bonds is 8. The molecule has 0 saturated carbocycles. The van der Waals surface area contributed by atoms with Crippen LogP contribution in [0.4, 0.5) is 14.9 Å². The first-order valence-corrected chi connectivity index (χ1v) is 11.9. The lowest BCUT2D eigenvalue weighted by Crippen LogP contribution is -2.17. The molecule has 1 atom stereocenters. The van der Waals surface area contributed by atoms with Crippen LogP contribution in [0.15, 0.2) is 87.1 Å². The van der Waals surface area contributed by atoms with Crippen LogP contribution in [0, 0.1) is 12.7 Å². The van der Waals surface area contributed by atoms with Gasteiger partial charge in [-0.1, -0.05) is 59.4 Å². The second-order valence-corrected chi connectivity index (χ2v) is 9.15. The minimum atomic E-state index is -0.876. The average Bonchev–Trinajstić information content (AvgIpc) is 3.19. The van der Waals surface area contributed by atoms with E-state index in [1.165, 1.54) is 17.8 Å². The van der Waals surface area contributed by atoms with Gasteiger partial charge in [0.25, 0.3) is 0 Å². The Balaban J connectivity index is 1.45. The van der Waals surface area contributed by atoms with Crippen molar-refractivity contribution in [3.8, 4) is 11.3 Å². The van der Waals surface area contributed by atoms with Gasteiger partial charge in [-0.2, -0.15) is 0 Å². The molecule has 7 nitrogen and oxygen atoms in total. The number of nitrogens with one attached hydrogen (secondary N) is 1. The third kappa shape index (κ3) is 6.11. The molecule has 36 heavy (non-hydrogen) atoms. The minimum absolute atomic E-state index is 0.0316. The highest BCUT2D eigenvalue weighted by Gasteiger charge is 2.20. The molecule has 0 radical (unpaired) electrons. The van der Waals surface area contributed by atoms with Gasteiger partial charge in [-0.15, -0.1) is 0 Å². The van der Waals surface area contributed by atoms with E-state index >= 15 is 0 Å². The summed E-state index contributed by atoms with van der Waals surface area (Å²) in [6.07, 6.45) is -1.58. The molecular weight excluding hydrogens is 483 g/mol. The fourth-order valence-corrected chi connectivity index (χ4v) is 4.49. The van der Waals surface area contributed by atoms with Gasteiger partial charge in [-0.05, 0) is 49.7 Å². The van der Waals surface area contributed by atoms with Gasteiger partial charge in [0.05, 0.1) is 6.42 Å². The molecule has 0 aliphatic carbocycles. The summed E-state index contributed by atoms with van der Waals surface area (Å²) < 4.78 is 24.6. The number of benzene rings is 3. The summed E-state index contributed by atoms with van der Waals surface area (Å²) in [5, 5.41) is 15.7. The summed E-state index contributed by atoms with van der Waals surface area (Å²) in [6.45, 7) is 3.26. The highest BCUT2D eigenvalue weighted by Crippen LogP contribution is 2.34. The Labute approximate surface area is 211 Å². The van der Waals surface area contributed by atoms with Crippen molar-refractivity contribution in [1.29, 1.82) is 0 Å². The van der Waals surface area contributed by atoms with Gasteiger partial charge in [0, 0.05) is 20.9 Å². The van der Waals surface area contributed by atoms with Crippen LogP contribution in [-0.4, -0.2) is 22.3 Å². The first-order valence-electron chi connectivity index (χ1n) is 11.1. The molecule has 0 aliphatic rings. The molecule has 0 fully saturated rings. The van der Waals surface area contributed by atoms with E-state index in [9.17, 15) is 14.0 Å². The number of nitrogens with zero attached hydrogens (tertiary/aromatic N) is 1. The monoisotopic (exact) mass is 506 g/mol. The number of amides is 1. The summed E-state index contributed by atoms with van der Waals surface area (Å²) in [7, 11) is 0. The predicted octanol–water partition coefficient (Wildman–Crippen LogP) is 6.88. The van der Waals surface area contributed by atoms with Crippen molar-refractivity contribution in [2.24, 2.45) is 0 Å². The molecule has 184 valence electrons. The van der Waals surface area contributed by atoms with E-state index in [2.05, 4.69) is 10.5 Å². The van der Waals surface area contributed by atoms with Crippen LogP contribution in [0.5, 0.6) is 0 Å². The third-order valence-corrected chi connectivity index (χ3v) is 6.33. The molecule has 0 aliphatic heterocycles. The first kappa shape index (κ1) is 25.0. The number of carboxylic acid groups (broad SMARTS) is 1. The molecule has 1 amide bonds. The number of halogens is 1. The Bertz CT molecular complexity index is 1390. The lowest BCUT2D eigenvalue weighted by molar-refractivity contribution is -0.136. The van der Waals surface area contributed by atoms with Gasteiger partial charge in [0.15, 0.2) is 5.76 Å². The lowest BCUT2D eigenvalue weighted by Gasteiger charge is -2.15. The van der Waals surface area contributed by atoms with Crippen LogP contribution in [0.3, 0.4) is 0 Å². The average molecular weight is 507 g/mol. The van der Waals surface area contributed by atoms with Crippen molar-refractivity contribution in [2.45, 2.75) is 36.2 Å². The zero-order chi connectivity index (χ0) is 25.7. The SMILES string of the molecule is Cc1onc(-c2ccc(Sc3cccc(CC(=O)O)c3)cc2)c1NC(=O)O[C@H](C)c1ccccc1F. The summed E-state index contributed by atoms with van der Waals surface area (Å²) >= 11 is 1.50. The first-order chi connectivity index (χ1) is 17.3. The number of aromatic nitrogens is 1. The molecule has 1 aromatic heterocycles.